The maximum absolute atomic E-state index is 3.92. The van der Waals surface area contributed by atoms with Crippen LogP contribution in [0.3, 0.4) is 0 Å². The summed E-state index contributed by atoms with van der Waals surface area (Å²) >= 11 is 1.75. The molecule has 0 saturated carbocycles. The molecule has 0 amide bonds. The third-order valence-electron chi connectivity index (χ3n) is 1.16. The lowest BCUT2D eigenvalue weighted by Crippen LogP contribution is -1.90. The molecule has 0 saturated heterocycles. The Bertz CT molecular complexity index is 151. The SMILES string of the molecule is [CH2]C(C)Cc1ccsc1. The predicted octanol–water partition coefficient (Wildman–Crippen LogP) is 2.76. The smallest absolute Gasteiger partial charge is 0.00612 e. The molecule has 1 atom stereocenters. The molecule has 0 nitrogen and oxygen atoms in total. The fraction of sp³-hybridized carbons (Fsp3) is 0.375. The Kier molecular flexibility index (Phi) is 2.29. The highest BCUT2D eigenvalue weighted by Gasteiger charge is 1.95. The quantitative estimate of drug-likeness (QED) is 0.591. The first-order chi connectivity index (χ1) is 4.29. The van der Waals surface area contributed by atoms with Crippen LogP contribution in [-0.4, -0.2) is 0 Å². The van der Waals surface area contributed by atoms with E-state index in [4.69, 9.17) is 0 Å². The van der Waals surface area contributed by atoms with Gasteiger partial charge in [0.05, 0.1) is 0 Å². The summed E-state index contributed by atoms with van der Waals surface area (Å²) in [6.07, 6.45) is 1.11. The van der Waals surface area contributed by atoms with Crippen molar-refractivity contribution in [1.82, 2.24) is 0 Å². The van der Waals surface area contributed by atoms with E-state index in [1.54, 1.807) is 11.3 Å². The van der Waals surface area contributed by atoms with Gasteiger partial charge in [-0.05, 0) is 34.7 Å². The van der Waals surface area contributed by atoms with Crippen LogP contribution in [0.5, 0.6) is 0 Å². The first kappa shape index (κ1) is 6.81. The van der Waals surface area contributed by atoms with Crippen molar-refractivity contribution in [3.63, 3.8) is 0 Å². The number of thiophene rings is 1. The lowest BCUT2D eigenvalue weighted by molar-refractivity contribution is 0.721. The van der Waals surface area contributed by atoms with Crippen LogP contribution in [0.15, 0.2) is 16.8 Å². The summed E-state index contributed by atoms with van der Waals surface area (Å²) in [5.41, 5.74) is 1.42. The molecule has 1 aromatic heterocycles. The van der Waals surface area contributed by atoms with E-state index < -0.39 is 0 Å². The van der Waals surface area contributed by atoms with Gasteiger partial charge in [-0.1, -0.05) is 13.8 Å². The zero-order valence-electron chi connectivity index (χ0n) is 5.63. The Hall–Kier alpha value is -0.300. The number of rotatable bonds is 2. The minimum atomic E-state index is 0.541. The van der Waals surface area contributed by atoms with Crippen molar-refractivity contribution in [3.8, 4) is 0 Å². The summed E-state index contributed by atoms with van der Waals surface area (Å²) in [5, 5.41) is 4.29. The minimum absolute atomic E-state index is 0.541. The highest BCUT2D eigenvalue weighted by Crippen LogP contribution is 2.10. The molecule has 1 rings (SSSR count). The molecular weight excluding hydrogens is 128 g/mol. The molecule has 0 aliphatic heterocycles. The normalized spacial score (nSPS) is 10.6. The van der Waals surface area contributed by atoms with Gasteiger partial charge in [-0.15, -0.1) is 0 Å². The third kappa shape index (κ3) is 2.19. The van der Waals surface area contributed by atoms with Crippen LogP contribution in [0.4, 0.5) is 0 Å². The van der Waals surface area contributed by atoms with Crippen molar-refractivity contribution in [2.24, 2.45) is 5.92 Å². The maximum Gasteiger partial charge on any atom is -0.00612 e. The summed E-state index contributed by atoms with van der Waals surface area (Å²) in [6.45, 7) is 6.05. The standard InChI is InChI=1S/C8H11S/c1-7(2)5-8-3-4-9-6-8/h3-4,6-7H,1,5H2,2H3. The average Bonchev–Trinajstić information content (AvgIpc) is 2.15. The zero-order valence-corrected chi connectivity index (χ0v) is 6.45. The summed E-state index contributed by atoms with van der Waals surface area (Å²) < 4.78 is 0. The Labute approximate surface area is 60.5 Å². The molecular formula is C8H11S. The second-order valence-electron chi connectivity index (χ2n) is 2.44. The molecule has 0 bridgehead atoms. The average molecular weight is 139 g/mol. The van der Waals surface area contributed by atoms with Crippen molar-refractivity contribution in [1.29, 1.82) is 0 Å². The van der Waals surface area contributed by atoms with Crippen LogP contribution in [0, 0.1) is 12.8 Å². The van der Waals surface area contributed by atoms with E-state index in [9.17, 15) is 0 Å². The van der Waals surface area contributed by atoms with Crippen molar-refractivity contribution in [2.45, 2.75) is 13.3 Å². The molecule has 1 heterocycles. The monoisotopic (exact) mass is 139 g/mol. The van der Waals surface area contributed by atoms with Gasteiger partial charge in [0.15, 0.2) is 0 Å². The lowest BCUT2D eigenvalue weighted by atomic mass is 10.1. The summed E-state index contributed by atoms with van der Waals surface area (Å²) in [4.78, 5) is 0. The zero-order chi connectivity index (χ0) is 6.69. The van der Waals surface area contributed by atoms with E-state index in [1.165, 1.54) is 5.56 Å². The maximum atomic E-state index is 3.92. The molecule has 0 N–H and O–H groups in total. The Balaban J connectivity index is 2.48. The molecule has 1 heteroatoms. The Morgan fingerprint density at radius 2 is 2.56 bits per heavy atom. The second-order valence-corrected chi connectivity index (χ2v) is 3.22. The molecule has 0 aliphatic carbocycles. The fourth-order valence-corrected chi connectivity index (χ4v) is 1.49. The van der Waals surface area contributed by atoms with Crippen LogP contribution in [0.25, 0.3) is 0 Å². The van der Waals surface area contributed by atoms with Gasteiger partial charge in [0.25, 0.3) is 0 Å². The Morgan fingerprint density at radius 3 is 3.00 bits per heavy atom. The summed E-state index contributed by atoms with van der Waals surface area (Å²) in [6, 6.07) is 2.16. The topological polar surface area (TPSA) is 0 Å². The first-order valence-electron chi connectivity index (χ1n) is 3.13. The van der Waals surface area contributed by atoms with Gasteiger partial charge in [-0.25, -0.2) is 0 Å². The molecule has 1 aromatic rings. The highest BCUT2D eigenvalue weighted by molar-refractivity contribution is 7.07. The van der Waals surface area contributed by atoms with E-state index in [1.807, 2.05) is 0 Å². The number of hydrogen-bond acceptors (Lipinski definition) is 1. The fourth-order valence-electron chi connectivity index (χ4n) is 0.811. The molecule has 1 radical (unpaired) electrons. The summed E-state index contributed by atoms with van der Waals surface area (Å²) in [5.74, 6) is 0.541. The molecule has 0 aromatic carbocycles. The van der Waals surface area contributed by atoms with Gasteiger partial charge in [-0.2, -0.15) is 11.3 Å². The molecule has 1 unspecified atom stereocenters. The summed E-state index contributed by atoms with van der Waals surface area (Å²) in [7, 11) is 0. The van der Waals surface area contributed by atoms with Crippen LogP contribution in [0.1, 0.15) is 12.5 Å². The van der Waals surface area contributed by atoms with E-state index >= 15 is 0 Å². The molecule has 0 spiro atoms. The first-order valence-corrected chi connectivity index (χ1v) is 4.07. The van der Waals surface area contributed by atoms with Gasteiger partial charge < -0.3 is 0 Å². The van der Waals surface area contributed by atoms with Crippen LogP contribution >= 0.6 is 11.3 Å². The van der Waals surface area contributed by atoms with Crippen LogP contribution in [-0.2, 0) is 6.42 Å². The highest BCUT2D eigenvalue weighted by atomic mass is 32.1. The lowest BCUT2D eigenvalue weighted by Gasteiger charge is -1.98. The van der Waals surface area contributed by atoms with Crippen molar-refractivity contribution in [3.05, 3.63) is 29.3 Å². The Morgan fingerprint density at radius 1 is 1.78 bits per heavy atom. The van der Waals surface area contributed by atoms with E-state index in [-0.39, 0.29) is 0 Å². The van der Waals surface area contributed by atoms with Crippen molar-refractivity contribution < 1.29 is 0 Å². The molecule has 0 fully saturated rings. The van der Waals surface area contributed by atoms with Gasteiger partial charge in [0.2, 0.25) is 0 Å². The van der Waals surface area contributed by atoms with Gasteiger partial charge in [-0.3, -0.25) is 0 Å². The third-order valence-corrected chi connectivity index (χ3v) is 1.90. The van der Waals surface area contributed by atoms with Crippen LogP contribution in [0.2, 0.25) is 0 Å². The van der Waals surface area contributed by atoms with Crippen molar-refractivity contribution >= 4 is 11.3 Å². The molecule has 49 valence electrons. The minimum Gasteiger partial charge on any atom is -0.152 e. The van der Waals surface area contributed by atoms with Gasteiger partial charge in [0, 0.05) is 0 Å². The van der Waals surface area contributed by atoms with E-state index in [0.29, 0.717) is 5.92 Å². The van der Waals surface area contributed by atoms with Crippen LogP contribution < -0.4 is 0 Å². The molecule has 9 heavy (non-hydrogen) atoms. The van der Waals surface area contributed by atoms with E-state index in [2.05, 4.69) is 30.7 Å². The predicted molar refractivity (Wildman–Crippen MR) is 42.5 cm³/mol. The van der Waals surface area contributed by atoms with E-state index in [0.717, 1.165) is 6.42 Å². The number of hydrogen-bond donors (Lipinski definition) is 0. The second kappa shape index (κ2) is 3.02. The van der Waals surface area contributed by atoms with Gasteiger partial charge >= 0.3 is 0 Å². The largest absolute Gasteiger partial charge is 0.152 e. The molecule has 0 aliphatic rings. The van der Waals surface area contributed by atoms with Gasteiger partial charge in [0.1, 0.15) is 0 Å². The van der Waals surface area contributed by atoms with Crippen molar-refractivity contribution in [2.75, 3.05) is 0 Å².